The average Bonchev–Trinajstić information content (AvgIpc) is 3.94. The Balaban J connectivity index is 0.910. The fraction of sp³-hybridized carbons (Fsp3) is 0.961. The molecule has 21 nitrogen and oxygen atoms in total. The molecule has 0 radical (unpaired) electrons. The van der Waals surface area contributed by atoms with Crippen LogP contribution in [0.25, 0.3) is 0 Å². The van der Waals surface area contributed by atoms with Crippen LogP contribution in [0.1, 0.15) is 99.8 Å². The molecule has 0 aromatic rings. The first-order valence-corrected chi connectivity index (χ1v) is 26.4. The minimum absolute atomic E-state index is 0.152. The van der Waals surface area contributed by atoms with Gasteiger partial charge in [0.2, 0.25) is 0 Å². The molecule has 6 aliphatic heterocycles. The van der Waals surface area contributed by atoms with Gasteiger partial charge in [0.05, 0.1) is 50.8 Å². The molecule has 6 saturated heterocycles. The number of aliphatic hydroxyl groups is 11. The van der Waals surface area contributed by atoms with Crippen LogP contribution >= 0.6 is 0 Å². The third-order valence-corrected chi connectivity index (χ3v) is 20.2. The van der Waals surface area contributed by atoms with E-state index in [-0.39, 0.29) is 59.2 Å². The van der Waals surface area contributed by atoms with E-state index in [4.69, 9.17) is 47.4 Å². The molecule has 21 heteroatoms. The van der Waals surface area contributed by atoms with Crippen molar-refractivity contribution in [1.82, 2.24) is 0 Å². The van der Waals surface area contributed by atoms with E-state index in [0.29, 0.717) is 25.9 Å². The van der Waals surface area contributed by atoms with E-state index in [1.54, 1.807) is 0 Å². The zero-order chi connectivity index (χ0) is 51.8. The molecule has 11 N–H and O–H groups in total. The summed E-state index contributed by atoms with van der Waals surface area (Å²) in [6.45, 7) is 14.2. The summed E-state index contributed by atoms with van der Waals surface area (Å²) in [5, 5.41) is 117. The van der Waals surface area contributed by atoms with Crippen molar-refractivity contribution >= 4 is 0 Å². The molecule has 11 unspecified atom stereocenters. The van der Waals surface area contributed by atoms with Crippen LogP contribution in [0.3, 0.4) is 0 Å². The number of hydrogen-bond donors (Lipinski definition) is 11. The lowest BCUT2D eigenvalue weighted by molar-refractivity contribution is -0.380. The highest BCUT2D eigenvalue weighted by molar-refractivity contribution is 5.27. The van der Waals surface area contributed by atoms with E-state index >= 15 is 0 Å². The standard InChI is InChI=1S/C51H82O21/c1-22(2)14-23-15-49(7,72-42-36(60)32(56)25(54)18-63-42)41-24-8-9-30-47(5)12-11-31(46(3,4)29(47)10-13-48(30,6)50(24)20-51(41,71-23)65-21-50)68-45-40(70-43-37(61)34(58)28(17-53)67-43)39(26(55)19-64-45)69-44-38(62)35(59)33(57)27(16-52)66-44/h14,23-45,52-62H,8-13,15-21H2,1-7H3/t23?,24?,25-,26-,27?,28-,29?,30?,31-,32+,33+,34+,35+,36?,37?,38?,39+,40?,41?,42-,43-,44-,45-,47-,48+,49?,50-,51-/m0/s1. The first-order valence-electron chi connectivity index (χ1n) is 26.4. The third kappa shape index (κ3) is 8.36. The Morgan fingerprint density at radius 2 is 1.24 bits per heavy atom. The summed E-state index contributed by atoms with van der Waals surface area (Å²) in [4.78, 5) is 0. The second-order valence-corrected chi connectivity index (χ2v) is 24.8. The molecule has 28 atom stereocenters. The molecule has 10 aliphatic rings. The minimum Gasteiger partial charge on any atom is -0.394 e. The number of ether oxygens (including phenoxy) is 10. The largest absolute Gasteiger partial charge is 0.394 e. The fourth-order valence-corrected chi connectivity index (χ4v) is 16.9. The molecular formula is C51H82O21. The van der Waals surface area contributed by atoms with Crippen LogP contribution in [0.4, 0.5) is 0 Å². The summed E-state index contributed by atoms with van der Waals surface area (Å²) in [6, 6.07) is 0. The van der Waals surface area contributed by atoms with E-state index in [2.05, 4.69) is 40.7 Å². The van der Waals surface area contributed by atoms with Crippen LogP contribution in [0, 0.1) is 45.3 Å². The highest BCUT2D eigenvalue weighted by Crippen LogP contribution is 2.80. The number of rotatable bonds is 11. The van der Waals surface area contributed by atoms with Gasteiger partial charge in [-0.1, -0.05) is 39.3 Å². The molecule has 0 amide bonds. The van der Waals surface area contributed by atoms with E-state index in [9.17, 15) is 56.2 Å². The van der Waals surface area contributed by atoms with Gasteiger partial charge in [0.25, 0.3) is 0 Å². The molecule has 6 heterocycles. The van der Waals surface area contributed by atoms with Gasteiger partial charge in [0.1, 0.15) is 79.4 Å². The molecule has 412 valence electrons. The smallest absolute Gasteiger partial charge is 0.187 e. The summed E-state index contributed by atoms with van der Waals surface area (Å²) in [6.07, 6.45) is -17.5. The molecule has 4 saturated carbocycles. The molecular weight excluding hydrogens is 949 g/mol. The minimum atomic E-state index is -1.82. The zero-order valence-corrected chi connectivity index (χ0v) is 42.6. The molecule has 0 aromatic carbocycles. The van der Waals surface area contributed by atoms with Gasteiger partial charge in [-0.2, -0.15) is 0 Å². The Morgan fingerprint density at radius 1 is 0.625 bits per heavy atom. The van der Waals surface area contributed by atoms with Gasteiger partial charge >= 0.3 is 0 Å². The van der Waals surface area contributed by atoms with E-state index in [1.165, 1.54) is 0 Å². The van der Waals surface area contributed by atoms with E-state index in [1.807, 2.05) is 13.8 Å². The Morgan fingerprint density at radius 3 is 1.90 bits per heavy atom. The lowest BCUT2D eigenvalue weighted by Crippen LogP contribution is -2.68. The topological polar surface area (TPSA) is 315 Å². The monoisotopic (exact) mass is 1030 g/mol. The first kappa shape index (κ1) is 54.3. The summed E-state index contributed by atoms with van der Waals surface area (Å²) in [5.74, 6) is -0.585. The summed E-state index contributed by atoms with van der Waals surface area (Å²) in [7, 11) is 0. The third-order valence-electron chi connectivity index (χ3n) is 20.2. The van der Waals surface area contributed by atoms with Gasteiger partial charge in [-0.15, -0.1) is 0 Å². The number of aliphatic hydroxyl groups excluding tert-OH is 11. The predicted octanol–water partition coefficient (Wildman–Crippen LogP) is -0.931. The Hall–Kier alpha value is -1.10. The molecule has 2 spiro atoms. The Labute approximate surface area is 420 Å². The maximum absolute atomic E-state index is 11.5. The van der Waals surface area contributed by atoms with E-state index in [0.717, 1.165) is 37.7 Å². The van der Waals surface area contributed by atoms with Crippen LogP contribution in [0.15, 0.2) is 11.6 Å². The maximum Gasteiger partial charge on any atom is 0.187 e. The van der Waals surface area contributed by atoms with Gasteiger partial charge in [-0.25, -0.2) is 0 Å². The van der Waals surface area contributed by atoms with Gasteiger partial charge in [0.15, 0.2) is 30.9 Å². The number of allylic oxidation sites excluding steroid dienone is 1. The van der Waals surface area contributed by atoms with Crippen LogP contribution in [-0.2, 0) is 47.4 Å². The van der Waals surface area contributed by atoms with Gasteiger partial charge < -0.3 is 104 Å². The second-order valence-electron chi connectivity index (χ2n) is 24.8. The number of hydrogen-bond acceptors (Lipinski definition) is 21. The lowest BCUT2D eigenvalue weighted by atomic mass is 9.35. The van der Waals surface area contributed by atoms with Crippen LogP contribution in [0.2, 0.25) is 0 Å². The first-order chi connectivity index (χ1) is 33.9. The van der Waals surface area contributed by atoms with Gasteiger partial charge in [0, 0.05) is 24.2 Å². The van der Waals surface area contributed by atoms with Crippen molar-refractivity contribution in [3.63, 3.8) is 0 Å². The Bertz CT molecular complexity index is 1970. The molecule has 2 bridgehead atoms. The van der Waals surface area contributed by atoms with Crippen molar-refractivity contribution < 1.29 is 104 Å². The van der Waals surface area contributed by atoms with Gasteiger partial charge in [-0.05, 0) is 93.3 Å². The van der Waals surface area contributed by atoms with E-state index < -0.39 is 141 Å². The average molecular weight is 1030 g/mol. The van der Waals surface area contributed by atoms with Crippen molar-refractivity contribution in [2.24, 2.45) is 45.3 Å². The van der Waals surface area contributed by atoms with Crippen molar-refractivity contribution in [2.45, 2.75) is 228 Å². The zero-order valence-electron chi connectivity index (χ0n) is 42.6. The van der Waals surface area contributed by atoms with Crippen LogP contribution < -0.4 is 0 Å². The molecule has 4 aliphatic carbocycles. The lowest BCUT2D eigenvalue weighted by Gasteiger charge is -2.70. The summed E-state index contributed by atoms with van der Waals surface area (Å²) in [5.41, 5.74) is -0.901. The van der Waals surface area contributed by atoms with Crippen molar-refractivity contribution in [1.29, 1.82) is 0 Å². The molecule has 10 rings (SSSR count). The number of fused-ring (bicyclic) bond motifs is 4. The van der Waals surface area contributed by atoms with Crippen LogP contribution in [0.5, 0.6) is 0 Å². The highest BCUT2D eigenvalue weighted by atomic mass is 16.8. The Kier molecular flexibility index (Phi) is 14.6. The van der Waals surface area contributed by atoms with Crippen molar-refractivity contribution in [3.8, 4) is 0 Å². The van der Waals surface area contributed by atoms with Gasteiger partial charge in [-0.3, -0.25) is 0 Å². The SMILES string of the molecule is CC(C)=CC1CC(C)(O[C@@H]2OC[C@H](O)[C@@H](O)C2O)C2C3CCC4[C@@]5(C)CC[C@H](O[C@@H]6OC[C@H](O)[C@@H](O[C@@H]7OC(CO)[C@@H](O)[C@@H](O)C7O)C6O[C@@H]6O[C@@H](CO)[C@@H](O)C6O)C(C)(C)C5CC[C@@]4(C)[C@@]34CO[C@@]2(C4)O1. The van der Waals surface area contributed by atoms with Crippen molar-refractivity contribution in [3.05, 3.63) is 11.6 Å². The molecule has 72 heavy (non-hydrogen) atoms. The summed E-state index contributed by atoms with van der Waals surface area (Å²) >= 11 is 0. The fourth-order valence-electron chi connectivity index (χ4n) is 16.9. The summed E-state index contributed by atoms with van der Waals surface area (Å²) < 4.78 is 64.1. The second kappa shape index (κ2) is 19.4. The quantitative estimate of drug-likeness (QED) is 0.0880. The molecule has 0 aromatic heterocycles. The molecule has 10 fully saturated rings. The maximum atomic E-state index is 11.5. The van der Waals surface area contributed by atoms with Crippen molar-refractivity contribution in [2.75, 3.05) is 33.0 Å². The normalized spacial score (nSPS) is 56.9. The van der Waals surface area contributed by atoms with Crippen LogP contribution in [-0.4, -0.2) is 217 Å². The highest BCUT2D eigenvalue weighted by Gasteiger charge is 2.81. The predicted molar refractivity (Wildman–Crippen MR) is 245 cm³/mol.